The molecule has 1 unspecified atom stereocenters. The number of aromatic amines is 1. The highest BCUT2D eigenvalue weighted by atomic mass is 32.1. The van der Waals surface area contributed by atoms with E-state index >= 15 is 0 Å². The van der Waals surface area contributed by atoms with Crippen molar-refractivity contribution in [1.29, 1.82) is 0 Å². The fourth-order valence-electron chi connectivity index (χ4n) is 4.24. The lowest BCUT2D eigenvalue weighted by Crippen LogP contribution is -2.35. The first-order valence-electron chi connectivity index (χ1n) is 11.5. The molecular weight excluding hydrogens is 452 g/mol. The minimum Gasteiger partial charge on any atom is -0.489 e. The number of carbonyl (C=O) groups excluding carboxylic acids is 1. The summed E-state index contributed by atoms with van der Waals surface area (Å²) in [6.07, 6.45) is 5.13. The van der Waals surface area contributed by atoms with Crippen LogP contribution in [0.4, 0.5) is 16.3 Å². The van der Waals surface area contributed by atoms with Crippen LogP contribution in [0, 0.1) is 0 Å². The first-order chi connectivity index (χ1) is 16.4. The highest BCUT2D eigenvalue weighted by Crippen LogP contribution is 2.41. The highest BCUT2D eigenvalue weighted by molar-refractivity contribution is 7.19. The number of amides is 1. The molecule has 10 heteroatoms. The van der Waals surface area contributed by atoms with Gasteiger partial charge in [0.2, 0.25) is 0 Å². The molecule has 1 aliphatic carbocycles. The second-order valence-electron chi connectivity index (χ2n) is 9.07. The van der Waals surface area contributed by atoms with Gasteiger partial charge in [-0.15, -0.1) is 11.3 Å². The van der Waals surface area contributed by atoms with Crippen LogP contribution in [0.15, 0.2) is 24.7 Å². The van der Waals surface area contributed by atoms with E-state index in [2.05, 4.69) is 30.8 Å². The van der Waals surface area contributed by atoms with E-state index in [0.717, 1.165) is 51.2 Å². The summed E-state index contributed by atoms with van der Waals surface area (Å²) in [5.74, 6) is 1.48. The van der Waals surface area contributed by atoms with Gasteiger partial charge >= 0.3 is 6.09 Å². The molecule has 0 spiro atoms. The normalized spacial score (nSPS) is 15.6. The van der Waals surface area contributed by atoms with Crippen molar-refractivity contribution in [3.8, 4) is 5.75 Å². The van der Waals surface area contributed by atoms with Crippen LogP contribution in [0.3, 0.4) is 0 Å². The average molecular weight is 481 g/mol. The van der Waals surface area contributed by atoms with Gasteiger partial charge in [-0.25, -0.2) is 14.8 Å². The molecule has 5 rings (SSSR count). The zero-order valence-electron chi connectivity index (χ0n) is 19.6. The maximum atomic E-state index is 12.1. The lowest BCUT2D eigenvalue weighted by atomic mass is 9.94. The molecule has 1 aliphatic rings. The molecule has 3 N–H and O–H groups in total. The number of anilines is 2. The van der Waals surface area contributed by atoms with Crippen molar-refractivity contribution >= 4 is 50.1 Å². The molecule has 0 bridgehead atoms. The summed E-state index contributed by atoms with van der Waals surface area (Å²) in [6.45, 7) is 7.83. The van der Waals surface area contributed by atoms with E-state index in [1.54, 1.807) is 23.9 Å². The van der Waals surface area contributed by atoms with Crippen molar-refractivity contribution in [1.82, 2.24) is 25.5 Å². The van der Waals surface area contributed by atoms with Gasteiger partial charge in [-0.3, -0.25) is 5.10 Å². The average Bonchev–Trinajstić information content (AvgIpc) is 3.36. The van der Waals surface area contributed by atoms with Crippen LogP contribution in [0.25, 0.3) is 21.1 Å². The molecule has 1 aromatic carbocycles. The van der Waals surface area contributed by atoms with Gasteiger partial charge in [0.1, 0.15) is 28.8 Å². The molecular formula is C24H28N6O3S. The van der Waals surface area contributed by atoms with Crippen molar-refractivity contribution in [2.24, 2.45) is 0 Å². The van der Waals surface area contributed by atoms with Gasteiger partial charge in [0, 0.05) is 28.8 Å². The number of benzene rings is 1. The van der Waals surface area contributed by atoms with Crippen molar-refractivity contribution in [3.63, 3.8) is 0 Å². The first kappa shape index (κ1) is 22.4. The number of nitrogens with zero attached hydrogens (tertiary/aromatic N) is 3. The van der Waals surface area contributed by atoms with Gasteiger partial charge in [-0.05, 0) is 52.2 Å². The van der Waals surface area contributed by atoms with E-state index in [1.807, 2.05) is 39.8 Å². The molecule has 4 aromatic rings. The number of alkyl carbamates (subject to hydrolysis) is 1. The first-order valence-corrected chi connectivity index (χ1v) is 12.3. The standard InChI is InChI=1S/C24H28N6O3S/c1-12(2)28-24(31)33-15-5-6-16-20(8-15)34-23-21(16)22(25-11-26-23)29-18-7-14-10-27-30-17(14)9-19(18)32-13(3)4/h7,9-13,15H,5-6,8H2,1-4H3,(H,27,30)(H,28,31)(H,25,26,29). The Labute approximate surface area is 201 Å². The maximum Gasteiger partial charge on any atom is 0.407 e. The Bertz CT molecular complexity index is 1350. The van der Waals surface area contributed by atoms with Gasteiger partial charge in [-0.1, -0.05) is 0 Å². The lowest BCUT2D eigenvalue weighted by molar-refractivity contribution is 0.0885. The van der Waals surface area contributed by atoms with E-state index in [-0.39, 0.29) is 24.3 Å². The number of hydrogen-bond donors (Lipinski definition) is 3. The van der Waals surface area contributed by atoms with E-state index < -0.39 is 0 Å². The number of nitrogens with one attached hydrogen (secondary N) is 3. The van der Waals surface area contributed by atoms with E-state index in [0.29, 0.717) is 6.42 Å². The Balaban J connectivity index is 1.46. The zero-order chi connectivity index (χ0) is 23.8. The number of thiophene rings is 1. The molecule has 34 heavy (non-hydrogen) atoms. The van der Waals surface area contributed by atoms with Crippen LogP contribution in [-0.4, -0.2) is 44.5 Å². The fourth-order valence-corrected chi connectivity index (χ4v) is 5.50. The number of aryl methyl sites for hydroxylation is 1. The van der Waals surface area contributed by atoms with Crippen molar-refractivity contribution in [3.05, 3.63) is 35.1 Å². The number of rotatable bonds is 6. The minimum atomic E-state index is -0.362. The molecule has 0 saturated carbocycles. The summed E-state index contributed by atoms with van der Waals surface area (Å²) in [7, 11) is 0. The molecule has 1 amide bonds. The smallest absolute Gasteiger partial charge is 0.407 e. The van der Waals surface area contributed by atoms with E-state index in [4.69, 9.17) is 9.47 Å². The molecule has 0 aliphatic heterocycles. The topological polar surface area (TPSA) is 114 Å². The largest absolute Gasteiger partial charge is 0.489 e. The SMILES string of the molecule is CC(C)NC(=O)OC1CCc2c(sc3ncnc(Nc4cc5cn[nH]c5cc4OC(C)C)c23)C1. The summed E-state index contributed by atoms with van der Waals surface area (Å²) in [4.78, 5) is 23.3. The Morgan fingerprint density at radius 2 is 2.09 bits per heavy atom. The molecule has 9 nitrogen and oxygen atoms in total. The Morgan fingerprint density at radius 3 is 2.88 bits per heavy atom. The Kier molecular flexibility index (Phi) is 5.99. The number of carbonyl (C=O) groups is 1. The van der Waals surface area contributed by atoms with Crippen molar-refractivity contribution in [2.75, 3.05) is 5.32 Å². The quantitative estimate of drug-likeness (QED) is 0.352. The van der Waals surface area contributed by atoms with Crippen LogP contribution in [0.2, 0.25) is 0 Å². The molecule has 3 heterocycles. The third kappa shape index (κ3) is 4.50. The fraction of sp³-hybridized carbons (Fsp3) is 0.417. The van der Waals surface area contributed by atoms with Crippen molar-refractivity contribution in [2.45, 2.75) is 65.2 Å². The van der Waals surface area contributed by atoms with Crippen LogP contribution in [0.5, 0.6) is 5.75 Å². The number of fused-ring (bicyclic) bond motifs is 4. The predicted octanol–water partition coefficient (Wildman–Crippen LogP) is 5.09. The second kappa shape index (κ2) is 9.09. The highest BCUT2D eigenvalue weighted by Gasteiger charge is 2.27. The number of aromatic nitrogens is 4. The predicted molar refractivity (Wildman–Crippen MR) is 133 cm³/mol. The molecule has 178 valence electrons. The molecule has 0 saturated heterocycles. The number of hydrogen-bond acceptors (Lipinski definition) is 8. The Morgan fingerprint density at radius 1 is 1.24 bits per heavy atom. The van der Waals surface area contributed by atoms with Crippen LogP contribution >= 0.6 is 11.3 Å². The second-order valence-corrected chi connectivity index (χ2v) is 10.2. The molecule has 1 atom stereocenters. The third-order valence-electron chi connectivity index (χ3n) is 5.64. The van der Waals surface area contributed by atoms with Gasteiger partial charge < -0.3 is 20.1 Å². The third-order valence-corrected chi connectivity index (χ3v) is 6.80. The summed E-state index contributed by atoms with van der Waals surface area (Å²) >= 11 is 1.64. The van der Waals surface area contributed by atoms with Gasteiger partial charge in [-0.2, -0.15) is 5.10 Å². The Hall–Kier alpha value is -3.40. The summed E-state index contributed by atoms with van der Waals surface area (Å²) in [6, 6.07) is 4.02. The lowest BCUT2D eigenvalue weighted by Gasteiger charge is -2.23. The minimum absolute atomic E-state index is 0.0186. The maximum absolute atomic E-state index is 12.1. The van der Waals surface area contributed by atoms with Crippen molar-refractivity contribution < 1.29 is 14.3 Å². The monoisotopic (exact) mass is 480 g/mol. The van der Waals surface area contributed by atoms with Crippen LogP contribution in [0.1, 0.15) is 44.6 Å². The van der Waals surface area contributed by atoms with E-state index in [9.17, 15) is 4.79 Å². The summed E-state index contributed by atoms with van der Waals surface area (Å²) in [5.41, 5.74) is 2.96. The van der Waals surface area contributed by atoms with Crippen LogP contribution < -0.4 is 15.4 Å². The molecule has 0 radical (unpaired) electrons. The van der Waals surface area contributed by atoms with Gasteiger partial charge in [0.05, 0.1) is 28.9 Å². The number of ether oxygens (including phenoxy) is 2. The van der Waals surface area contributed by atoms with Gasteiger partial charge in [0.15, 0.2) is 0 Å². The zero-order valence-corrected chi connectivity index (χ0v) is 20.5. The summed E-state index contributed by atoms with van der Waals surface area (Å²) < 4.78 is 11.7. The molecule has 3 aromatic heterocycles. The van der Waals surface area contributed by atoms with Gasteiger partial charge in [0.25, 0.3) is 0 Å². The summed E-state index contributed by atoms with van der Waals surface area (Å²) in [5, 5.41) is 15.4. The van der Waals surface area contributed by atoms with Crippen LogP contribution in [-0.2, 0) is 17.6 Å². The molecule has 0 fully saturated rings. The van der Waals surface area contributed by atoms with E-state index in [1.165, 1.54) is 10.4 Å². The number of H-pyrrole nitrogens is 1.